The lowest BCUT2D eigenvalue weighted by atomic mass is 10.2. The highest BCUT2D eigenvalue weighted by Gasteiger charge is 2.30. The van der Waals surface area contributed by atoms with Gasteiger partial charge in [-0.05, 0) is 13.8 Å². The number of ether oxygens (including phenoxy) is 1. The van der Waals surface area contributed by atoms with Crippen LogP contribution in [0, 0.1) is 0 Å². The van der Waals surface area contributed by atoms with Gasteiger partial charge in [0.1, 0.15) is 18.2 Å². The molecule has 1 atom stereocenters. The van der Waals surface area contributed by atoms with Crippen molar-refractivity contribution >= 4 is 23.5 Å². The first-order chi connectivity index (χ1) is 9.08. The van der Waals surface area contributed by atoms with E-state index in [4.69, 9.17) is 4.74 Å². The van der Waals surface area contributed by atoms with Gasteiger partial charge in [-0.3, -0.25) is 0 Å². The molecule has 1 saturated heterocycles. The van der Waals surface area contributed by atoms with Crippen molar-refractivity contribution in [2.75, 3.05) is 23.0 Å². The number of rotatable bonds is 4. The van der Waals surface area contributed by atoms with E-state index in [0.29, 0.717) is 24.0 Å². The number of carboxylic acid groups (broad SMARTS) is 1. The smallest absolute Gasteiger partial charge is 0.327 e. The number of carboxylic acids is 1. The van der Waals surface area contributed by atoms with E-state index < -0.39 is 12.0 Å². The van der Waals surface area contributed by atoms with Crippen LogP contribution in [-0.4, -0.2) is 51.2 Å². The predicted molar refractivity (Wildman–Crippen MR) is 73.9 cm³/mol. The lowest BCUT2D eigenvalue weighted by Gasteiger charge is -2.33. The second-order valence-electron chi connectivity index (χ2n) is 4.50. The van der Waals surface area contributed by atoms with E-state index in [0.717, 1.165) is 5.75 Å². The molecule has 0 bridgehead atoms. The summed E-state index contributed by atoms with van der Waals surface area (Å²) in [6, 6.07) is 1.16. The Morgan fingerprint density at radius 3 is 3.05 bits per heavy atom. The Morgan fingerprint density at radius 1 is 1.58 bits per heavy atom. The van der Waals surface area contributed by atoms with Crippen molar-refractivity contribution in [3.05, 3.63) is 12.4 Å². The normalized spacial score (nSPS) is 19.5. The van der Waals surface area contributed by atoms with Gasteiger partial charge in [-0.1, -0.05) is 0 Å². The largest absolute Gasteiger partial charge is 0.480 e. The first-order valence-electron chi connectivity index (χ1n) is 6.14. The summed E-state index contributed by atoms with van der Waals surface area (Å²) in [6.45, 7) is 4.50. The van der Waals surface area contributed by atoms with Crippen LogP contribution in [0.4, 0.5) is 5.82 Å². The van der Waals surface area contributed by atoms with Crippen LogP contribution in [-0.2, 0) is 4.79 Å². The molecule has 1 N–H and O–H groups in total. The van der Waals surface area contributed by atoms with Crippen LogP contribution in [0.1, 0.15) is 13.8 Å². The van der Waals surface area contributed by atoms with Gasteiger partial charge in [-0.2, -0.15) is 11.8 Å². The fourth-order valence-electron chi connectivity index (χ4n) is 1.88. The van der Waals surface area contributed by atoms with E-state index >= 15 is 0 Å². The van der Waals surface area contributed by atoms with E-state index in [-0.39, 0.29) is 6.10 Å². The second kappa shape index (κ2) is 6.10. The molecule has 1 unspecified atom stereocenters. The van der Waals surface area contributed by atoms with Gasteiger partial charge in [0.2, 0.25) is 5.88 Å². The van der Waals surface area contributed by atoms with Gasteiger partial charge in [-0.25, -0.2) is 14.8 Å². The van der Waals surface area contributed by atoms with E-state index in [1.807, 2.05) is 13.8 Å². The Hall–Kier alpha value is -1.50. The quantitative estimate of drug-likeness (QED) is 0.891. The van der Waals surface area contributed by atoms with Crippen LogP contribution < -0.4 is 9.64 Å². The molecule has 1 aliphatic rings. The van der Waals surface area contributed by atoms with Crippen LogP contribution in [0.15, 0.2) is 12.4 Å². The third kappa shape index (κ3) is 3.50. The molecule has 1 aromatic rings. The van der Waals surface area contributed by atoms with Crippen molar-refractivity contribution in [3.63, 3.8) is 0 Å². The third-order valence-electron chi connectivity index (χ3n) is 2.69. The van der Waals surface area contributed by atoms with Crippen molar-refractivity contribution in [3.8, 4) is 5.88 Å². The average Bonchev–Trinajstić information content (AvgIpc) is 2.38. The summed E-state index contributed by atoms with van der Waals surface area (Å²) in [6.07, 6.45) is 1.43. The van der Waals surface area contributed by atoms with Crippen molar-refractivity contribution < 1.29 is 14.6 Å². The van der Waals surface area contributed by atoms with Gasteiger partial charge in [-0.15, -0.1) is 0 Å². The molecule has 0 saturated carbocycles. The van der Waals surface area contributed by atoms with Crippen molar-refractivity contribution in [2.24, 2.45) is 0 Å². The summed E-state index contributed by atoms with van der Waals surface area (Å²) in [5.41, 5.74) is 0. The van der Waals surface area contributed by atoms with E-state index in [2.05, 4.69) is 9.97 Å². The first kappa shape index (κ1) is 13.9. The molecule has 1 fully saturated rings. The molecule has 2 heterocycles. The molecule has 0 radical (unpaired) electrons. The second-order valence-corrected chi connectivity index (χ2v) is 5.65. The van der Waals surface area contributed by atoms with Gasteiger partial charge in [0, 0.05) is 24.1 Å². The highest BCUT2D eigenvalue weighted by atomic mass is 32.2. The topological polar surface area (TPSA) is 75.5 Å². The number of hydrogen-bond acceptors (Lipinski definition) is 6. The van der Waals surface area contributed by atoms with Crippen LogP contribution in [0.3, 0.4) is 0 Å². The Bertz CT molecular complexity index is 456. The molecule has 0 aromatic carbocycles. The van der Waals surface area contributed by atoms with Crippen molar-refractivity contribution in [1.82, 2.24) is 9.97 Å². The Kier molecular flexibility index (Phi) is 4.47. The molecular weight excluding hydrogens is 266 g/mol. The van der Waals surface area contributed by atoms with E-state index in [1.54, 1.807) is 22.7 Å². The molecule has 0 spiro atoms. The third-order valence-corrected chi connectivity index (χ3v) is 3.71. The van der Waals surface area contributed by atoms with Gasteiger partial charge < -0.3 is 14.7 Å². The van der Waals surface area contributed by atoms with E-state index in [9.17, 15) is 9.90 Å². The molecule has 104 valence electrons. The lowest BCUT2D eigenvalue weighted by Crippen LogP contribution is -2.47. The van der Waals surface area contributed by atoms with Crippen LogP contribution in [0.5, 0.6) is 5.88 Å². The minimum atomic E-state index is -0.822. The summed E-state index contributed by atoms with van der Waals surface area (Å²) >= 11 is 1.65. The van der Waals surface area contributed by atoms with Gasteiger partial charge in [0.05, 0.1) is 6.10 Å². The Morgan fingerprint density at radius 2 is 2.37 bits per heavy atom. The number of aromatic nitrogens is 2. The molecule has 2 rings (SSSR count). The van der Waals surface area contributed by atoms with Crippen LogP contribution in [0.2, 0.25) is 0 Å². The standard InChI is InChI=1S/C12H17N3O3S/c1-8(2)18-11-5-10(13-7-14-11)15-3-4-19-6-9(15)12(16)17/h5,7-9H,3-4,6H2,1-2H3,(H,16,17). The number of hydrogen-bond donors (Lipinski definition) is 1. The predicted octanol–water partition coefficient (Wildman–Crippen LogP) is 1.27. The molecule has 19 heavy (non-hydrogen) atoms. The summed E-state index contributed by atoms with van der Waals surface area (Å²) in [5, 5.41) is 9.26. The van der Waals surface area contributed by atoms with Gasteiger partial charge in [0.25, 0.3) is 0 Å². The minimum Gasteiger partial charge on any atom is -0.480 e. The summed E-state index contributed by atoms with van der Waals surface area (Å²) < 4.78 is 5.51. The molecule has 0 amide bonds. The minimum absolute atomic E-state index is 0.0231. The number of nitrogens with zero attached hydrogens (tertiary/aromatic N) is 3. The zero-order valence-corrected chi connectivity index (χ0v) is 11.8. The maximum atomic E-state index is 11.3. The lowest BCUT2D eigenvalue weighted by molar-refractivity contribution is -0.138. The molecule has 0 aliphatic carbocycles. The zero-order valence-electron chi connectivity index (χ0n) is 10.9. The molecule has 7 heteroatoms. The van der Waals surface area contributed by atoms with E-state index in [1.165, 1.54) is 6.33 Å². The van der Waals surface area contributed by atoms with Gasteiger partial charge in [0.15, 0.2) is 0 Å². The number of aliphatic carboxylic acids is 1. The maximum Gasteiger partial charge on any atom is 0.327 e. The van der Waals surface area contributed by atoms with Crippen molar-refractivity contribution in [1.29, 1.82) is 0 Å². The average molecular weight is 283 g/mol. The highest BCUT2D eigenvalue weighted by Crippen LogP contribution is 2.24. The highest BCUT2D eigenvalue weighted by molar-refractivity contribution is 7.99. The zero-order chi connectivity index (χ0) is 13.8. The molecule has 1 aromatic heterocycles. The molecular formula is C12H17N3O3S. The Balaban J connectivity index is 2.21. The summed E-state index contributed by atoms with van der Waals surface area (Å²) in [7, 11) is 0. The Labute approximate surface area is 116 Å². The fraction of sp³-hybridized carbons (Fsp3) is 0.583. The summed E-state index contributed by atoms with van der Waals surface area (Å²) in [5.74, 6) is 1.73. The number of anilines is 1. The van der Waals surface area contributed by atoms with Crippen molar-refractivity contribution in [2.45, 2.75) is 26.0 Å². The number of thioether (sulfide) groups is 1. The van der Waals surface area contributed by atoms with Crippen LogP contribution >= 0.6 is 11.8 Å². The van der Waals surface area contributed by atoms with Gasteiger partial charge >= 0.3 is 5.97 Å². The molecule has 1 aliphatic heterocycles. The fourth-order valence-corrected chi connectivity index (χ4v) is 2.91. The summed E-state index contributed by atoms with van der Waals surface area (Å²) in [4.78, 5) is 21.3. The first-order valence-corrected chi connectivity index (χ1v) is 7.29. The molecule has 6 nitrogen and oxygen atoms in total. The monoisotopic (exact) mass is 283 g/mol. The number of carbonyl (C=O) groups is 1. The maximum absolute atomic E-state index is 11.3. The SMILES string of the molecule is CC(C)Oc1cc(N2CCSCC2C(=O)O)ncn1. The van der Waals surface area contributed by atoms with Crippen LogP contribution in [0.25, 0.3) is 0 Å².